The van der Waals surface area contributed by atoms with Crippen molar-refractivity contribution >= 4 is 0 Å². The zero-order valence-electron chi connectivity index (χ0n) is 11.4. The predicted molar refractivity (Wildman–Crippen MR) is 70.8 cm³/mol. The molecule has 96 valence electrons. The Morgan fingerprint density at radius 3 is 2.59 bits per heavy atom. The lowest BCUT2D eigenvalue weighted by Crippen LogP contribution is -2.45. The maximum Gasteiger partial charge on any atom is 0.0596 e. The molecule has 1 aromatic rings. The SMILES string of the molecule is CCC1CCC(N)(Cc2cc(C)nn2C)CC1. The fraction of sp³-hybridized carbons (Fsp3) is 0.786. The monoisotopic (exact) mass is 235 g/mol. The fourth-order valence-corrected chi connectivity index (χ4v) is 3.03. The summed E-state index contributed by atoms with van der Waals surface area (Å²) in [4.78, 5) is 0. The molecule has 0 unspecified atom stereocenters. The van der Waals surface area contributed by atoms with Crippen LogP contribution in [0.1, 0.15) is 50.4 Å². The third-order valence-electron chi connectivity index (χ3n) is 4.31. The predicted octanol–water partition coefficient (Wildman–Crippen LogP) is 2.57. The first kappa shape index (κ1) is 12.6. The molecule has 0 radical (unpaired) electrons. The summed E-state index contributed by atoms with van der Waals surface area (Å²) in [7, 11) is 2.02. The Bertz CT molecular complexity index is 373. The Hall–Kier alpha value is -0.830. The molecule has 17 heavy (non-hydrogen) atoms. The smallest absolute Gasteiger partial charge is 0.0596 e. The van der Waals surface area contributed by atoms with Crippen molar-refractivity contribution in [2.24, 2.45) is 18.7 Å². The van der Waals surface area contributed by atoms with Crippen molar-refractivity contribution in [2.75, 3.05) is 0 Å². The van der Waals surface area contributed by atoms with E-state index in [9.17, 15) is 0 Å². The molecular formula is C14H25N3. The molecular weight excluding hydrogens is 210 g/mol. The van der Waals surface area contributed by atoms with Gasteiger partial charge in [-0.15, -0.1) is 0 Å². The van der Waals surface area contributed by atoms with Gasteiger partial charge in [0.1, 0.15) is 0 Å². The summed E-state index contributed by atoms with van der Waals surface area (Å²) in [5.74, 6) is 0.903. The van der Waals surface area contributed by atoms with Crippen molar-refractivity contribution in [2.45, 2.75) is 57.9 Å². The van der Waals surface area contributed by atoms with Crippen LogP contribution in [0.25, 0.3) is 0 Å². The van der Waals surface area contributed by atoms with Crippen LogP contribution in [0.4, 0.5) is 0 Å². The number of hydrogen-bond acceptors (Lipinski definition) is 2. The fourth-order valence-electron chi connectivity index (χ4n) is 3.03. The van der Waals surface area contributed by atoms with Gasteiger partial charge >= 0.3 is 0 Å². The normalized spacial score (nSPS) is 29.5. The number of aryl methyl sites for hydroxylation is 2. The van der Waals surface area contributed by atoms with Crippen molar-refractivity contribution in [3.8, 4) is 0 Å². The van der Waals surface area contributed by atoms with Gasteiger partial charge in [-0.1, -0.05) is 13.3 Å². The maximum absolute atomic E-state index is 6.55. The molecule has 2 N–H and O–H groups in total. The van der Waals surface area contributed by atoms with E-state index in [0.717, 1.165) is 30.9 Å². The van der Waals surface area contributed by atoms with Crippen molar-refractivity contribution in [1.82, 2.24) is 9.78 Å². The Kier molecular flexibility index (Phi) is 3.57. The van der Waals surface area contributed by atoms with Crippen LogP contribution in [0.3, 0.4) is 0 Å². The van der Waals surface area contributed by atoms with E-state index in [1.165, 1.54) is 25.0 Å². The summed E-state index contributed by atoms with van der Waals surface area (Å²) in [6.07, 6.45) is 7.20. The van der Waals surface area contributed by atoms with E-state index in [-0.39, 0.29) is 5.54 Å². The largest absolute Gasteiger partial charge is 0.325 e. The van der Waals surface area contributed by atoms with E-state index >= 15 is 0 Å². The average molecular weight is 235 g/mol. The van der Waals surface area contributed by atoms with Gasteiger partial charge < -0.3 is 5.73 Å². The summed E-state index contributed by atoms with van der Waals surface area (Å²) in [6, 6.07) is 2.17. The Morgan fingerprint density at radius 2 is 2.12 bits per heavy atom. The van der Waals surface area contributed by atoms with Gasteiger partial charge in [-0.3, -0.25) is 4.68 Å². The highest BCUT2D eigenvalue weighted by molar-refractivity contribution is 5.13. The van der Waals surface area contributed by atoms with Crippen molar-refractivity contribution in [3.05, 3.63) is 17.5 Å². The van der Waals surface area contributed by atoms with Crippen molar-refractivity contribution in [1.29, 1.82) is 0 Å². The molecule has 0 atom stereocenters. The molecule has 1 saturated carbocycles. The van der Waals surface area contributed by atoms with Crippen LogP contribution in [0, 0.1) is 12.8 Å². The molecule has 0 aromatic carbocycles. The van der Waals surface area contributed by atoms with Crippen LogP contribution in [0.2, 0.25) is 0 Å². The van der Waals surface area contributed by atoms with Crippen LogP contribution in [-0.2, 0) is 13.5 Å². The summed E-state index contributed by atoms with van der Waals surface area (Å²) in [6.45, 7) is 4.33. The second kappa shape index (κ2) is 4.81. The molecule has 0 saturated heterocycles. The van der Waals surface area contributed by atoms with E-state index in [4.69, 9.17) is 5.73 Å². The highest BCUT2D eigenvalue weighted by Crippen LogP contribution is 2.34. The Balaban J connectivity index is 2.01. The van der Waals surface area contributed by atoms with Gasteiger partial charge in [0.2, 0.25) is 0 Å². The van der Waals surface area contributed by atoms with Gasteiger partial charge in [-0.25, -0.2) is 0 Å². The third kappa shape index (κ3) is 2.89. The van der Waals surface area contributed by atoms with Crippen molar-refractivity contribution in [3.63, 3.8) is 0 Å². The lowest BCUT2D eigenvalue weighted by molar-refractivity contribution is 0.225. The Labute approximate surface area is 104 Å². The maximum atomic E-state index is 6.55. The summed E-state index contributed by atoms with van der Waals surface area (Å²) in [5, 5.41) is 4.40. The minimum Gasteiger partial charge on any atom is -0.325 e. The number of nitrogens with two attached hydrogens (primary N) is 1. The molecule has 1 fully saturated rings. The van der Waals surface area contributed by atoms with E-state index < -0.39 is 0 Å². The second-order valence-electron chi connectivity index (χ2n) is 5.79. The molecule has 0 bridgehead atoms. The minimum atomic E-state index is 0.00586. The minimum absolute atomic E-state index is 0.00586. The average Bonchev–Trinajstić information content (AvgIpc) is 2.58. The van der Waals surface area contributed by atoms with Crippen LogP contribution in [0.5, 0.6) is 0 Å². The van der Waals surface area contributed by atoms with Crippen LogP contribution >= 0.6 is 0 Å². The molecule has 0 aliphatic heterocycles. The molecule has 0 spiro atoms. The summed E-state index contributed by atoms with van der Waals surface area (Å²) >= 11 is 0. The molecule has 1 aliphatic carbocycles. The van der Waals surface area contributed by atoms with Gasteiger partial charge in [0.25, 0.3) is 0 Å². The number of rotatable bonds is 3. The lowest BCUT2D eigenvalue weighted by Gasteiger charge is -2.37. The number of hydrogen-bond donors (Lipinski definition) is 1. The van der Waals surface area contributed by atoms with Crippen LogP contribution in [0.15, 0.2) is 6.07 Å². The van der Waals surface area contributed by atoms with E-state index in [2.05, 4.69) is 18.1 Å². The standard InChI is InChI=1S/C14H25N3/c1-4-12-5-7-14(15,8-6-12)10-13-9-11(2)16-17(13)3/h9,12H,4-8,10,15H2,1-3H3. The molecule has 2 rings (SSSR count). The van der Waals surface area contributed by atoms with E-state index in [0.29, 0.717) is 0 Å². The van der Waals surface area contributed by atoms with Crippen LogP contribution < -0.4 is 5.73 Å². The highest BCUT2D eigenvalue weighted by atomic mass is 15.3. The molecule has 1 heterocycles. The third-order valence-corrected chi connectivity index (χ3v) is 4.31. The number of nitrogens with zero attached hydrogens (tertiary/aromatic N) is 2. The topological polar surface area (TPSA) is 43.8 Å². The molecule has 3 nitrogen and oxygen atoms in total. The first-order valence-corrected chi connectivity index (χ1v) is 6.81. The molecule has 1 aliphatic rings. The molecule has 1 aromatic heterocycles. The first-order valence-electron chi connectivity index (χ1n) is 6.81. The van der Waals surface area contributed by atoms with Gasteiger partial charge in [0, 0.05) is 24.7 Å². The van der Waals surface area contributed by atoms with Gasteiger partial charge in [-0.2, -0.15) is 5.10 Å². The second-order valence-corrected chi connectivity index (χ2v) is 5.79. The molecule has 3 heteroatoms. The lowest BCUT2D eigenvalue weighted by atomic mass is 9.74. The van der Waals surface area contributed by atoms with E-state index in [1.807, 2.05) is 18.7 Å². The molecule has 0 amide bonds. The zero-order chi connectivity index (χ0) is 12.5. The quantitative estimate of drug-likeness (QED) is 0.875. The Morgan fingerprint density at radius 1 is 1.47 bits per heavy atom. The number of aromatic nitrogens is 2. The van der Waals surface area contributed by atoms with E-state index in [1.54, 1.807) is 0 Å². The van der Waals surface area contributed by atoms with Crippen LogP contribution in [-0.4, -0.2) is 15.3 Å². The summed E-state index contributed by atoms with van der Waals surface area (Å²) in [5.41, 5.74) is 8.92. The highest BCUT2D eigenvalue weighted by Gasteiger charge is 2.31. The first-order chi connectivity index (χ1) is 8.02. The van der Waals surface area contributed by atoms with Gasteiger partial charge in [0.15, 0.2) is 0 Å². The van der Waals surface area contributed by atoms with Gasteiger partial charge in [-0.05, 0) is 44.6 Å². The summed E-state index contributed by atoms with van der Waals surface area (Å²) < 4.78 is 1.98. The van der Waals surface area contributed by atoms with Gasteiger partial charge in [0.05, 0.1) is 5.69 Å². The zero-order valence-corrected chi connectivity index (χ0v) is 11.4. The van der Waals surface area contributed by atoms with Crippen molar-refractivity contribution < 1.29 is 0 Å².